The molecule has 0 aliphatic heterocycles. The Kier molecular flexibility index (Phi) is 6.53. The molecule has 8 nitrogen and oxygen atoms in total. The Labute approximate surface area is 178 Å². The minimum absolute atomic E-state index is 0.207. The summed E-state index contributed by atoms with van der Waals surface area (Å²) in [4.78, 5) is 25.5. The SMILES string of the molecule is Cn1ncc(C(=O)NCC2(NC(=O)OC(C)(C)C)CCCCCC2)c1-n1cccc1. The Bertz CT molecular complexity index is 856. The van der Waals surface area contributed by atoms with Crippen molar-refractivity contribution in [3.8, 4) is 5.82 Å². The minimum atomic E-state index is -0.569. The van der Waals surface area contributed by atoms with Gasteiger partial charge in [-0.05, 0) is 45.7 Å². The molecule has 2 N–H and O–H groups in total. The maximum Gasteiger partial charge on any atom is 0.408 e. The Morgan fingerprint density at radius 1 is 1.13 bits per heavy atom. The van der Waals surface area contributed by atoms with Gasteiger partial charge >= 0.3 is 6.09 Å². The number of nitrogens with one attached hydrogen (secondary N) is 2. The lowest BCUT2D eigenvalue weighted by molar-refractivity contribution is 0.0437. The molecule has 0 aromatic carbocycles. The molecule has 1 saturated carbocycles. The average molecular weight is 416 g/mol. The fraction of sp³-hybridized carbons (Fsp3) is 0.591. The van der Waals surface area contributed by atoms with Crippen molar-refractivity contribution in [1.82, 2.24) is 25.0 Å². The summed E-state index contributed by atoms with van der Waals surface area (Å²) < 4.78 is 9.03. The zero-order valence-corrected chi connectivity index (χ0v) is 18.4. The highest BCUT2D eigenvalue weighted by molar-refractivity contribution is 5.97. The van der Waals surface area contributed by atoms with E-state index in [4.69, 9.17) is 4.74 Å². The highest BCUT2D eigenvalue weighted by Gasteiger charge is 2.35. The molecule has 30 heavy (non-hydrogen) atoms. The summed E-state index contributed by atoms with van der Waals surface area (Å²) in [5.41, 5.74) is -0.583. The monoisotopic (exact) mass is 415 g/mol. The first-order valence-corrected chi connectivity index (χ1v) is 10.6. The number of carbonyl (C=O) groups is 2. The molecule has 0 radical (unpaired) electrons. The molecular formula is C22H33N5O3. The number of hydrogen-bond donors (Lipinski definition) is 2. The predicted octanol–water partition coefficient (Wildman–Crippen LogP) is 3.56. The molecule has 8 heteroatoms. The molecule has 0 atom stereocenters. The van der Waals surface area contributed by atoms with E-state index in [1.807, 2.05) is 56.9 Å². The van der Waals surface area contributed by atoms with Crippen molar-refractivity contribution < 1.29 is 14.3 Å². The third-order valence-electron chi connectivity index (χ3n) is 5.42. The molecular weight excluding hydrogens is 382 g/mol. The van der Waals surface area contributed by atoms with Crippen LogP contribution < -0.4 is 10.6 Å². The van der Waals surface area contributed by atoms with Gasteiger partial charge in [-0.2, -0.15) is 5.10 Å². The van der Waals surface area contributed by atoms with Gasteiger partial charge in [0.2, 0.25) is 0 Å². The van der Waals surface area contributed by atoms with Crippen molar-refractivity contribution in [2.24, 2.45) is 7.05 Å². The number of amides is 2. The molecule has 1 aliphatic carbocycles. The second-order valence-electron chi connectivity index (χ2n) is 9.10. The van der Waals surface area contributed by atoms with Crippen LogP contribution in [0.1, 0.15) is 69.7 Å². The summed E-state index contributed by atoms with van der Waals surface area (Å²) in [6.07, 6.45) is 10.8. The number of nitrogens with zero attached hydrogens (tertiary/aromatic N) is 3. The topological polar surface area (TPSA) is 90.2 Å². The number of carbonyl (C=O) groups excluding carboxylic acids is 2. The lowest BCUT2D eigenvalue weighted by Crippen LogP contribution is -2.56. The van der Waals surface area contributed by atoms with Gasteiger partial charge in [0.25, 0.3) is 5.91 Å². The van der Waals surface area contributed by atoms with Crippen molar-refractivity contribution in [2.75, 3.05) is 6.54 Å². The molecule has 0 unspecified atom stereocenters. The molecule has 1 aliphatic rings. The van der Waals surface area contributed by atoms with E-state index in [9.17, 15) is 9.59 Å². The third-order valence-corrected chi connectivity index (χ3v) is 5.42. The van der Waals surface area contributed by atoms with Crippen molar-refractivity contribution >= 4 is 12.0 Å². The first kappa shape index (κ1) is 21.9. The van der Waals surface area contributed by atoms with E-state index in [1.165, 1.54) is 0 Å². The fourth-order valence-corrected chi connectivity index (χ4v) is 3.99. The molecule has 3 rings (SSSR count). The number of rotatable bonds is 5. The Morgan fingerprint density at radius 2 is 1.77 bits per heavy atom. The second kappa shape index (κ2) is 8.93. The number of aromatic nitrogens is 3. The molecule has 0 bridgehead atoms. The maximum atomic E-state index is 13.0. The Hall–Kier alpha value is -2.77. The summed E-state index contributed by atoms with van der Waals surface area (Å²) in [6.45, 7) is 5.89. The summed E-state index contributed by atoms with van der Waals surface area (Å²) in [6, 6.07) is 3.81. The lowest BCUT2D eigenvalue weighted by Gasteiger charge is -2.35. The lowest BCUT2D eigenvalue weighted by atomic mass is 9.90. The van der Waals surface area contributed by atoms with Crippen LogP contribution in [0, 0.1) is 0 Å². The predicted molar refractivity (Wildman–Crippen MR) is 115 cm³/mol. The van der Waals surface area contributed by atoms with E-state index in [2.05, 4.69) is 15.7 Å². The molecule has 164 valence electrons. The molecule has 2 aromatic heterocycles. The van der Waals surface area contributed by atoms with Crippen LogP contribution in [0.15, 0.2) is 30.7 Å². The van der Waals surface area contributed by atoms with Gasteiger partial charge < -0.3 is 19.9 Å². The van der Waals surface area contributed by atoms with E-state index in [-0.39, 0.29) is 5.91 Å². The maximum absolute atomic E-state index is 13.0. The van der Waals surface area contributed by atoms with Gasteiger partial charge in [0.1, 0.15) is 17.0 Å². The Morgan fingerprint density at radius 3 is 2.37 bits per heavy atom. The van der Waals surface area contributed by atoms with E-state index >= 15 is 0 Å². The fourth-order valence-electron chi connectivity index (χ4n) is 3.99. The summed E-state index contributed by atoms with van der Waals surface area (Å²) >= 11 is 0. The first-order chi connectivity index (χ1) is 14.2. The largest absolute Gasteiger partial charge is 0.444 e. The van der Waals surface area contributed by atoms with Crippen LogP contribution in [0.2, 0.25) is 0 Å². The van der Waals surface area contributed by atoms with Crippen molar-refractivity contribution in [3.63, 3.8) is 0 Å². The second-order valence-corrected chi connectivity index (χ2v) is 9.10. The van der Waals surface area contributed by atoms with Gasteiger partial charge in [-0.15, -0.1) is 0 Å². The van der Waals surface area contributed by atoms with E-state index in [0.717, 1.165) is 38.5 Å². The zero-order valence-electron chi connectivity index (χ0n) is 18.4. The first-order valence-electron chi connectivity index (χ1n) is 10.6. The number of aryl methyl sites for hydroxylation is 1. The Balaban J connectivity index is 1.74. The highest BCUT2D eigenvalue weighted by atomic mass is 16.6. The smallest absolute Gasteiger partial charge is 0.408 e. The summed E-state index contributed by atoms with van der Waals surface area (Å²) in [7, 11) is 1.81. The normalized spacial score (nSPS) is 16.5. The zero-order chi connectivity index (χ0) is 21.8. The van der Waals surface area contributed by atoms with Gasteiger partial charge in [0.15, 0.2) is 0 Å². The molecule has 2 amide bonds. The van der Waals surface area contributed by atoms with E-state index < -0.39 is 17.2 Å². The van der Waals surface area contributed by atoms with Crippen LogP contribution in [0.25, 0.3) is 5.82 Å². The summed E-state index contributed by atoms with van der Waals surface area (Å²) in [5, 5.41) is 10.4. The van der Waals surface area contributed by atoms with Crippen molar-refractivity contribution in [2.45, 2.75) is 70.4 Å². The van der Waals surface area contributed by atoms with E-state index in [0.29, 0.717) is 17.9 Å². The van der Waals surface area contributed by atoms with Gasteiger partial charge in [-0.3, -0.25) is 9.48 Å². The quantitative estimate of drug-likeness (QED) is 0.731. The van der Waals surface area contributed by atoms with Crippen molar-refractivity contribution in [3.05, 3.63) is 36.3 Å². The molecule has 1 fully saturated rings. The number of ether oxygens (including phenoxy) is 1. The summed E-state index contributed by atoms with van der Waals surface area (Å²) in [5.74, 6) is 0.494. The number of alkyl carbamates (subject to hydrolysis) is 1. The van der Waals surface area contributed by atoms with Crippen LogP contribution in [0.4, 0.5) is 4.79 Å². The van der Waals surface area contributed by atoms with Crippen molar-refractivity contribution in [1.29, 1.82) is 0 Å². The minimum Gasteiger partial charge on any atom is -0.444 e. The van der Waals surface area contributed by atoms with Crippen LogP contribution in [-0.2, 0) is 11.8 Å². The van der Waals surface area contributed by atoms with Crippen LogP contribution in [-0.4, -0.2) is 44.0 Å². The standard InChI is InChI=1S/C22H33N5O3/c1-21(2,3)30-20(29)25-22(11-7-5-6-8-12-22)16-23-18(28)17-15-24-26(4)19(17)27-13-9-10-14-27/h9-10,13-15H,5-8,11-12,16H2,1-4H3,(H,23,28)(H,25,29). The van der Waals surface area contributed by atoms with Gasteiger partial charge in [-0.25, -0.2) is 4.79 Å². The molecule has 2 aromatic rings. The van der Waals surface area contributed by atoms with Crippen LogP contribution in [0.5, 0.6) is 0 Å². The third kappa shape index (κ3) is 5.43. The van der Waals surface area contributed by atoms with Crippen LogP contribution in [0.3, 0.4) is 0 Å². The van der Waals surface area contributed by atoms with Crippen LogP contribution >= 0.6 is 0 Å². The molecule has 0 saturated heterocycles. The van der Waals surface area contributed by atoms with E-state index in [1.54, 1.807) is 10.9 Å². The highest BCUT2D eigenvalue weighted by Crippen LogP contribution is 2.27. The average Bonchev–Trinajstić information content (AvgIpc) is 3.24. The number of hydrogen-bond acceptors (Lipinski definition) is 4. The van der Waals surface area contributed by atoms with Gasteiger partial charge in [0.05, 0.1) is 11.7 Å². The van der Waals surface area contributed by atoms with Gasteiger partial charge in [-0.1, -0.05) is 25.7 Å². The molecule has 0 spiro atoms. The molecule has 2 heterocycles. The van der Waals surface area contributed by atoms with Gasteiger partial charge in [0, 0.05) is 26.0 Å².